The quantitative estimate of drug-likeness (QED) is 0.212. The first-order chi connectivity index (χ1) is 21.6. The summed E-state index contributed by atoms with van der Waals surface area (Å²) < 4.78 is 7.53. The smallest absolute Gasteiger partial charge is 0.247 e. The molecule has 2 aromatic heterocycles. The molecule has 6 rings (SSSR count). The van der Waals surface area contributed by atoms with Gasteiger partial charge in [0, 0.05) is 61.1 Å². The standard InChI is InChI=1S/C34H34N8O2/c1-3-32(43)36-27-21-28(30(44-2)22-29(27)41-19-11-12-20-41)37-34-35-16-15-31(38-34)42-24-26(23-40-17-9-4-5-10-18-40)33(39-42)25-13-7-6-8-14-25/h3-10,13-18,21-22,24H,1,11-12,19-20,23H2,2H3,(H,36,43)(H,35,37,38). The maximum Gasteiger partial charge on any atom is 0.247 e. The van der Waals surface area contributed by atoms with E-state index >= 15 is 0 Å². The third-order valence-corrected chi connectivity index (χ3v) is 7.41. The van der Waals surface area contributed by atoms with Crippen LogP contribution in [0.2, 0.25) is 0 Å². The first-order valence-corrected chi connectivity index (χ1v) is 14.5. The highest BCUT2D eigenvalue weighted by Crippen LogP contribution is 2.39. The van der Waals surface area contributed by atoms with Crippen LogP contribution in [0.1, 0.15) is 18.4 Å². The first-order valence-electron chi connectivity index (χ1n) is 14.5. The van der Waals surface area contributed by atoms with Crippen LogP contribution in [0.3, 0.4) is 0 Å². The average molecular weight is 587 g/mol. The van der Waals surface area contributed by atoms with Crippen LogP contribution in [0.5, 0.6) is 5.75 Å². The number of allylic oxidation sites excluding steroid dienone is 4. The summed E-state index contributed by atoms with van der Waals surface area (Å²) in [6.07, 6.45) is 19.2. The van der Waals surface area contributed by atoms with E-state index < -0.39 is 0 Å². The number of methoxy groups -OCH3 is 1. The van der Waals surface area contributed by atoms with E-state index in [1.165, 1.54) is 6.08 Å². The Kier molecular flexibility index (Phi) is 8.49. The molecule has 2 aliphatic rings. The van der Waals surface area contributed by atoms with Gasteiger partial charge in [-0.2, -0.15) is 10.1 Å². The SMILES string of the molecule is C=CC(=O)Nc1cc(Nc2nccc(-n3cc(CN4C=CC=CC=C4)c(-c4ccccc4)n3)n2)c(OC)cc1N1CCCC1. The van der Waals surface area contributed by atoms with Crippen molar-refractivity contribution < 1.29 is 9.53 Å². The van der Waals surface area contributed by atoms with Gasteiger partial charge in [0.15, 0.2) is 5.82 Å². The summed E-state index contributed by atoms with van der Waals surface area (Å²) in [6.45, 7) is 6.06. The number of carbonyl (C=O) groups is 1. The van der Waals surface area contributed by atoms with Crippen molar-refractivity contribution in [1.82, 2.24) is 24.6 Å². The molecule has 10 heteroatoms. The zero-order chi connectivity index (χ0) is 30.3. The molecule has 2 aromatic carbocycles. The van der Waals surface area contributed by atoms with Gasteiger partial charge >= 0.3 is 0 Å². The number of hydrogen-bond donors (Lipinski definition) is 2. The Morgan fingerprint density at radius 1 is 1.02 bits per heavy atom. The molecular formula is C34H34N8O2. The molecule has 0 radical (unpaired) electrons. The zero-order valence-electron chi connectivity index (χ0n) is 24.6. The molecule has 2 N–H and O–H groups in total. The minimum atomic E-state index is -0.286. The number of nitrogens with one attached hydrogen (secondary N) is 2. The number of rotatable bonds is 10. The third kappa shape index (κ3) is 6.39. The Morgan fingerprint density at radius 2 is 1.80 bits per heavy atom. The molecule has 1 fully saturated rings. The summed E-state index contributed by atoms with van der Waals surface area (Å²) in [5, 5.41) is 11.2. The van der Waals surface area contributed by atoms with Crippen LogP contribution in [0.15, 0.2) is 110 Å². The molecule has 0 bridgehead atoms. The van der Waals surface area contributed by atoms with Gasteiger partial charge in [0.2, 0.25) is 11.9 Å². The second kappa shape index (κ2) is 13.1. The molecule has 1 saturated heterocycles. The lowest BCUT2D eigenvalue weighted by Gasteiger charge is -2.24. The molecule has 44 heavy (non-hydrogen) atoms. The van der Waals surface area contributed by atoms with Gasteiger partial charge in [-0.15, -0.1) is 0 Å². The lowest BCUT2D eigenvalue weighted by Crippen LogP contribution is -2.21. The van der Waals surface area contributed by atoms with Gasteiger partial charge in [0.05, 0.1) is 36.4 Å². The molecule has 222 valence electrons. The average Bonchev–Trinajstić information content (AvgIpc) is 3.67. The van der Waals surface area contributed by atoms with Crippen molar-refractivity contribution in [3.8, 4) is 22.8 Å². The van der Waals surface area contributed by atoms with Gasteiger partial charge < -0.3 is 25.2 Å². The largest absolute Gasteiger partial charge is 0.494 e. The van der Waals surface area contributed by atoms with Gasteiger partial charge in [-0.05, 0) is 37.1 Å². The summed E-state index contributed by atoms with van der Waals surface area (Å²) in [6, 6.07) is 15.7. The van der Waals surface area contributed by atoms with Crippen LogP contribution in [-0.2, 0) is 11.3 Å². The molecule has 4 heterocycles. The predicted molar refractivity (Wildman–Crippen MR) is 174 cm³/mol. The van der Waals surface area contributed by atoms with Crippen LogP contribution in [0, 0.1) is 0 Å². The van der Waals surface area contributed by atoms with E-state index in [1.54, 1.807) is 18.0 Å². The maximum atomic E-state index is 12.3. The summed E-state index contributed by atoms with van der Waals surface area (Å²) in [5.41, 5.74) is 5.11. The van der Waals surface area contributed by atoms with Crippen LogP contribution < -0.4 is 20.3 Å². The second-order valence-corrected chi connectivity index (χ2v) is 10.4. The van der Waals surface area contributed by atoms with Crippen molar-refractivity contribution in [2.45, 2.75) is 19.4 Å². The molecular weight excluding hydrogens is 552 g/mol. The Labute approximate surface area is 256 Å². The highest BCUT2D eigenvalue weighted by Gasteiger charge is 2.21. The van der Waals surface area contributed by atoms with Crippen LogP contribution >= 0.6 is 0 Å². The first kappa shape index (κ1) is 28.5. The molecule has 0 unspecified atom stereocenters. The van der Waals surface area contributed by atoms with Crippen molar-refractivity contribution in [2.24, 2.45) is 0 Å². The highest BCUT2D eigenvalue weighted by molar-refractivity contribution is 6.02. The number of ether oxygens (including phenoxy) is 1. The normalized spacial score (nSPS) is 14.0. The molecule has 0 atom stereocenters. The van der Waals surface area contributed by atoms with Crippen molar-refractivity contribution >= 4 is 28.9 Å². The van der Waals surface area contributed by atoms with E-state index in [0.29, 0.717) is 35.4 Å². The second-order valence-electron chi connectivity index (χ2n) is 10.4. The van der Waals surface area contributed by atoms with Crippen LogP contribution in [0.4, 0.5) is 23.0 Å². The number of amides is 1. The predicted octanol–water partition coefficient (Wildman–Crippen LogP) is 6.21. The van der Waals surface area contributed by atoms with Crippen LogP contribution in [0.25, 0.3) is 17.1 Å². The minimum absolute atomic E-state index is 0.286. The van der Waals surface area contributed by atoms with Gasteiger partial charge in [0.25, 0.3) is 0 Å². The summed E-state index contributed by atoms with van der Waals surface area (Å²) >= 11 is 0. The Bertz CT molecular complexity index is 1720. The van der Waals surface area contributed by atoms with E-state index in [0.717, 1.165) is 48.4 Å². The molecule has 0 saturated carbocycles. The van der Waals surface area contributed by atoms with E-state index in [2.05, 4.69) is 44.1 Å². The number of anilines is 4. The van der Waals surface area contributed by atoms with Gasteiger partial charge in [-0.25, -0.2) is 9.67 Å². The Hall–Kier alpha value is -5.64. The number of nitrogens with zero attached hydrogens (tertiary/aromatic N) is 6. The summed E-state index contributed by atoms with van der Waals surface area (Å²) in [4.78, 5) is 25.9. The summed E-state index contributed by atoms with van der Waals surface area (Å²) in [5.74, 6) is 1.28. The van der Waals surface area contributed by atoms with Crippen molar-refractivity contribution in [3.63, 3.8) is 0 Å². The molecule has 0 spiro atoms. The van der Waals surface area contributed by atoms with Gasteiger partial charge in [0.1, 0.15) is 5.75 Å². The topological polar surface area (TPSA) is 100 Å². The fourth-order valence-electron chi connectivity index (χ4n) is 5.28. The van der Waals surface area contributed by atoms with Crippen LogP contribution in [-0.4, -0.2) is 50.8 Å². The number of hydrogen-bond acceptors (Lipinski definition) is 8. The fraction of sp³-hybridized carbons (Fsp3) is 0.176. The lowest BCUT2D eigenvalue weighted by atomic mass is 10.1. The van der Waals surface area contributed by atoms with Crippen molar-refractivity contribution in [1.29, 1.82) is 0 Å². The monoisotopic (exact) mass is 586 g/mol. The van der Waals surface area contributed by atoms with E-state index in [1.807, 2.05) is 79.3 Å². The molecule has 1 amide bonds. The number of carbonyl (C=O) groups excluding carboxylic acids is 1. The van der Waals surface area contributed by atoms with Gasteiger partial charge in [-0.1, -0.05) is 49.1 Å². The maximum absolute atomic E-state index is 12.3. The molecule has 0 aliphatic carbocycles. The number of aromatic nitrogens is 4. The van der Waals surface area contributed by atoms with E-state index in [9.17, 15) is 4.79 Å². The van der Waals surface area contributed by atoms with Crippen molar-refractivity contribution in [2.75, 3.05) is 35.7 Å². The fourth-order valence-corrected chi connectivity index (χ4v) is 5.28. The third-order valence-electron chi connectivity index (χ3n) is 7.41. The number of benzene rings is 2. The highest BCUT2D eigenvalue weighted by atomic mass is 16.5. The minimum Gasteiger partial charge on any atom is -0.494 e. The summed E-state index contributed by atoms with van der Waals surface area (Å²) in [7, 11) is 1.62. The lowest BCUT2D eigenvalue weighted by molar-refractivity contribution is -0.111. The molecule has 10 nitrogen and oxygen atoms in total. The molecule has 4 aromatic rings. The Balaban J connectivity index is 1.33. The Morgan fingerprint density at radius 3 is 2.52 bits per heavy atom. The van der Waals surface area contributed by atoms with E-state index in [-0.39, 0.29) is 5.91 Å². The van der Waals surface area contributed by atoms with Crippen molar-refractivity contribution in [3.05, 3.63) is 116 Å². The van der Waals surface area contributed by atoms with E-state index in [4.69, 9.17) is 14.8 Å². The zero-order valence-corrected chi connectivity index (χ0v) is 24.6. The van der Waals surface area contributed by atoms with Gasteiger partial charge in [-0.3, -0.25) is 4.79 Å². The molecule has 2 aliphatic heterocycles.